The highest BCUT2D eigenvalue weighted by molar-refractivity contribution is 5.93. The molecular weight excluding hydrogens is 390 g/mol. The normalized spacial score (nSPS) is 17.5. The van der Waals surface area contributed by atoms with E-state index >= 15 is 0 Å². The van der Waals surface area contributed by atoms with Gasteiger partial charge in [0.25, 0.3) is 0 Å². The number of piperidine rings is 1. The summed E-state index contributed by atoms with van der Waals surface area (Å²) >= 11 is 0. The second kappa shape index (κ2) is 9.77. The first-order valence-electron chi connectivity index (χ1n) is 11.1. The minimum Gasteiger partial charge on any atom is -0.350 e. The maximum Gasteiger partial charge on any atom is 0.247 e. The van der Waals surface area contributed by atoms with Crippen LogP contribution in [0.15, 0.2) is 54.6 Å². The second-order valence-corrected chi connectivity index (χ2v) is 8.39. The zero-order valence-corrected chi connectivity index (χ0v) is 17.7. The van der Waals surface area contributed by atoms with E-state index in [0.717, 1.165) is 48.9 Å². The molecule has 1 saturated carbocycles. The molecule has 0 aromatic heterocycles. The van der Waals surface area contributed by atoms with Crippen LogP contribution in [-0.4, -0.2) is 29.2 Å². The minimum absolute atomic E-state index is 0.0240. The van der Waals surface area contributed by atoms with Gasteiger partial charge in [0.15, 0.2) is 0 Å². The number of rotatable bonds is 7. The van der Waals surface area contributed by atoms with Crippen LogP contribution in [0.4, 0.5) is 5.69 Å². The second-order valence-electron chi connectivity index (χ2n) is 8.39. The number of nitrogens with one attached hydrogen (secondary N) is 2. The van der Waals surface area contributed by atoms with Gasteiger partial charge < -0.3 is 15.5 Å². The predicted octanol–water partition coefficient (Wildman–Crippen LogP) is 3.80. The van der Waals surface area contributed by atoms with Crippen molar-refractivity contribution >= 4 is 23.4 Å². The average Bonchev–Trinajstić information content (AvgIpc) is 2.73. The van der Waals surface area contributed by atoms with E-state index in [4.69, 9.17) is 0 Å². The van der Waals surface area contributed by atoms with E-state index in [-0.39, 0.29) is 23.6 Å². The first kappa shape index (κ1) is 21.1. The highest BCUT2D eigenvalue weighted by Gasteiger charge is 2.32. The number of carbonyl (C=O) groups is 3. The van der Waals surface area contributed by atoms with Crippen molar-refractivity contribution in [3.63, 3.8) is 0 Å². The number of benzene rings is 2. The van der Waals surface area contributed by atoms with Crippen molar-refractivity contribution in [1.82, 2.24) is 10.2 Å². The molecule has 6 heteroatoms. The number of carbonyl (C=O) groups excluding carboxylic acids is 3. The zero-order valence-electron chi connectivity index (χ0n) is 17.7. The third-order valence-corrected chi connectivity index (χ3v) is 6.17. The fourth-order valence-electron chi connectivity index (χ4n) is 4.17. The van der Waals surface area contributed by atoms with Gasteiger partial charge in [-0.05, 0) is 48.9 Å². The lowest BCUT2D eigenvalue weighted by Gasteiger charge is -2.34. The lowest BCUT2D eigenvalue weighted by Crippen LogP contribution is -2.45. The summed E-state index contributed by atoms with van der Waals surface area (Å²) in [6.07, 6.45) is 5.30. The lowest BCUT2D eigenvalue weighted by atomic mass is 9.85. The smallest absolute Gasteiger partial charge is 0.247 e. The van der Waals surface area contributed by atoms with Crippen molar-refractivity contribution in [3.05, 3.63) is 65.7 Å². The number of nitrogens with zero attached hydrogens (tertiary/aromatic N) is 1. The summed E-state index contributed by atoms with van der Waals surface area (Å²) in [7, 11) is 0. The standard InChI is InChI=1S/C25H29N3O3/c29-22-14-4-5-15-28(22)23(19-9-2-1-3-10-19)25(31)26-17-18-8-6-13-21(16-18)27-24(30)20-11-7-12-20/h1-3,6,8-10,13,16,20,23H,4-5,7,11-12,14-15,17H2,(H,26,31)(H,27,30). The largest absolute Gasteiger partial charge is 0.350 e. The summed E-state index contributed by atoms with van der Waals surface area (Å²) in [5.41, 5.74) is 2.46. The maximum absolute atomic E-state index is 13.2. The van der Waals surface area contributed by atoms with Crippen LogP contribution in [0, 0.1) is 5.92 Å². The Balaban J connectivity index is 1.43. The molecular formula is C25H29N3O3. The van der Waals surface area contributed by atoms with Gasteiger partial charge in [0.05, 0.1) is 0 Å². The van der Waals surface area contributed by atoms with Gasteiger partial charge >= 0.3 is 0 Å². The number of likely N-dealkylation sites (tertiary alicyclic amines) is 1. The third-order valence-electron chi connectivity index (χ3n) is 6.17. The van der Waals surface area contributed by atoms with E-state index in [1.165, 1.54) is 0 Å². The molecule has 0 bridgehead atoms. The van der Waals surface area contributed by atoms with E-state index < -0.39 is 6.04 Å². The molecule has 1 saturated heterocycles. The molecule has 6 nitrogen and oxygen atoms in total. The molecule has 2 aliphatic rings. The van der Waals surface area contributed by atoms with Crippen LogP contribution in [0.3, 0.4) is 0 Å². The van der Waals surface area contributed by atoms with Gasteiger partial charge in [0.2, 0.25) is 17.7 Å². The van der Waals surface area contributed by atoms with Crippen LogP contribution in [-0.2, 0) is 20.9 Å². The maximum atomic E-state index is 13.2. The van der Waals surface area contributed by atoms with Crippen molar-refractivity contribution < 1.29 is 14.4 Å². The molecule has 2 fully saturated rings. The summed E-state index contributed by atoms with van der Waals surface area (Å²) in [4.78, 5) is 39.6. The van der Waals surface area contributed by atoms with Crippen molar-refractivity contribution in [2.75, 3.05) is 11.9 Å². The van der Waals surface area contributed by atoms with Crippen molar-refractivity contribution in [1.29, 1.82) is 0 Å². The zero-order chi connectivity index (χ0) is 21.6. The quantitative estimate of drug-likeness (QED) is 0.717. The van der Waals surface area contributed by atoms with Gasteiger partial charge in [-0.25, -0.2) is 0 Å². The number of amides is 3. The van der Waals surface area contributed by atoms with Gasteiger partial charge in [-0.2, -0.15) is 0 Å². The molecule has 31 heavy (non-hydrogen) atoms. The van der Waals surface area contributed by atoms with E-state index in [1.54, 1.807) is 4.90 Å². The van der Waals surface area contributed by atoms with Gasteiger partial charge in [-0.1, -0.05) is 48.9 Å². The summed E-state index contributed by atoms with van der Waals surface area (Å²) in [6.45, 7) is 0.922. The molecule has 0 spiro atoms. The van der Waals surface area contributed by atoms with E-state index in [9.17, 15) is 14.4 Å². The molecule has 1 unspecified atom stereocenters. The summed E-state index contributed by atoms with van der Waals surface area (Å²) in [6, 6.07) is 16.4. The number of hydrogen-bond donors (Lipinski definition) is 2. The van der Waals surface area contributed by atoms with E-state index in [0.29, 0.717) is 19.5 Å². The lowest BCUT2D eigenvalue weighted by molar-refractivity contribution is -0.142. The molecule has 0 radical (unpaired) electrons. The molecule has 4 rings (SSSR count). The topological polar surface area (TPSA) is 78.5 Å². The molecule has 2 aromatic carbocycles. The Morgan fingerprint density at radius 3 is 2.52 bits per heavy atom. The first-order chi connectivity index (χ1) is 15.1. The van der Waals surface area contributed by atoms with Crippen LogP contribution < -0.4 is 10.6 Å². The Morgan fingerprint density at radius 2 is 1.81 bits per heavy atom. The van der Waals surface area contributed by atoms with E-state index in [2.05, 4.69) is 10.6 Å². The van der Waals surface area contributed by atoms with Crippen molar-refractivity contribution in [2.45, 2.75) is 51.1 Å². The molecule has 1 heterocycles. The van der Waals surface area contributed by atoms with Crippen molar-refractivity contribution in [3.8, 4) is 0 Å². The van der Waals surface area contributed by atoms with Crippen molar-refractivity contribution in [2.24, 2.45) is 5.92 Å². The fraction of sp³-hybridized carbons (Fsp3) is 0.400. The third kappa shape index (κ3) is 5.13. The SMILES string of the molecule is O=C(Nc1cccc(CNC(=O)C(c2ccccc2)N2CCCCC2=O)c1)C1CCC1. The Labute approximate surface area is 183 Å². The molecule has 3 amide bonds. The molecule has 1 atom stereocenters. The van der Waals surface area contributed by atoms with E-state index in [1.807, 2.05) is 54.6 Å². The monoisotopic (exact) mass is 419 g/mol. The van der Waals surface area contributed by atoms with Gasteiger partial charge in [0, 0.05) is 31.1 Å². The summed E-state index contributed by atoms with van der Waals surface area (Å²) in [5, 5.41) is 5.97. The Kier molecular flexibility index (Phi) is 6.65. The molecule has 2 N–H and O–H groups in total. The molecule has 1 aliphatic carbocycles. The summed E-state index contributed by atoms with van der Waals surface area (Å²) < 4.78 is 0. The summed E-state index contributed by atoms with van der Waals surface area (Å²) in [5.74, 6) is 0.0265. The first-order valence-corrected chi connectivity index (χ1v) is 11.1. The van der Waals surface area contributed by atoms with Gasteiger partial charge in [-0.15, -0.1) is 0 Å². The molecule has 162 valence electrons. The van der Waals surface area contributed by atoms with Crippen LogP contribution in [0.5, 0.6) is 0 Å². The van der Waals surface area contributed by atoms with Crippen LogP contribution in [0.1, 0.15) is 55.7 Å². The minimum atomic E-state index is -0.629. The highest BCUT2D eigenvalue weighted by Crippen LogP contribution is 2.28. The fourth-order valence-corrected chi connectivity index (χ4v) is 4.17. The van der Waals surface area contributed by atoms with Gasteiger partial charge in [-0.3, -0.25) is 14.4 Å². The number of hydrogen-bond acceptors (Lipinski definition) is 3. The number of anilines is 1. The van der Waals surface area contributed by atoms with Gasteiger partial charge in [0.1, 0.15) is 6.04 Å². The highest BCUT2D eigenvalue weighted by atomic mass is 16.2. The van der Waals surface area contributed by atoms with Crippen LogP contribution in [0.2, 0.25) is 0 Å². The molecule has 1 aliphatic heterocycles. The Morgan fingerprint density at radius 1 is 1.00 bits per heavy atom. The van der Waals surface area contributed by atoms with Crippen LogP contribution >= 0.6 is 0 Å². The predicted molar refractivity (Wildman–Crippen MR) is 119 cm³/mol. The average molecular weight is 420 g/mol. The Hall–Kier alpha value is -3.15. The molecule has 2 aromatic rings. The Bertz CT molecular complexity index is 940. The van der Waals surface area contributed by atoms with Crippen LogP contribution in [0.25, 0.3) is 0 Å².